The molecule has 0 spiro atoms. The van der Waals surface area contributed by atoms with Gasteiger partial charge in [0.1, 0.15) is 0 Å². The number of hydrogen-bond donors (Lipinski definition) is 3. The first-order chi connectivity index (χ1) is 7.43. The van der Waals surface area contributed by atoms with E-state index in [2.05, 4.69) is 12.6 Å². The lowest BCUT2D eigenvalue weighted by Crippen LogP contribution is -2.35. The van der Waals surface area contributed by atoms with Gasteiger partial charge in [-0.1, -0.05) is 18.2 Å². The predicted molar refractivity (Wildman–Crippen MR) is 66.0 cm³/mol. The van der Waals surface area contributed by atoms with Crippen LogP contribution in [0.15, 0.2) is 29.2 Å². The molecular weight excluding hydrogens is 248 g/mol. The van der Waals surface area contributed by atoms with Crippen molar-refractivity contribution in [3.05, 3.63) is 29.8 Å². The number of carbonyl (C=O) groups excluding carboxylic acids is 1. The number of hydrogen-bond acceptors (Lipinski definition) is 4. The third-order valence-electron chi connectivity index (χ3n) is 1.62. The van der Waals surface area contributed by atoms with Crippen LogP contribution in [-0.4, -0.2) is 20.7 Å². The molecule has 0 heterocycles. The Morgan fingerprint density at radius 3 is 2.25 bits per heavy atom. The van der Waals surface area contributed by atoms with E-state index in [0.29, 0.717) is 5.56 Å². The van der Waals surface area contributed by atoms with Crippen molar-refractivity contribution in [3.63, 3.8) is 0 Å². The van der Waals surface area contributed by atoms with E-state index in [9.17, 15) is 13.2 Å². The number of rotatable bonds is 2. The lowest BCUT2D eigenvalue weighted by Gasteiger charge is -2.06. The van der Waals surface area contributed by atoms with E-state index in [1.807, 2.05) is 0 Å². The number of thiol groups is 1. The predicted octanol–water partition coefficient (Wildman–Crippen LogP) is 0.898. The molecule has 7 heteroatoms. The second-order valence-corrected chi connectivity index (χ2v) is 4.39. The summed E-state index contributed by atoms with van der Waals surface area (Å²) < 4.78 is 24.6. The van der Waals surface area contributed by atoms with Gasteiger partial charge < -0.3 is 5.73 Å². The minimum absolute atomic E-state index is 0.0544. The number of nitrogens with two attached hydrogens (primary N) is 1. The highest BCUT2D eigenvalue weighted by molar-refractivity contribution is 7.90. The molecule has 0 unspecified atom stereocenters. The number of nitrogens with one attached hydrogen (secondary N) is 1. The fourth-order valence-electron chi connectivity index (χ4n) is 1.05. The molecule has 3 N–H and O–H groups in total. The second-order valence-electron chi connectivity index (χ2n) is 2.74. The summed E-state index contributed by atoms with van der Waals surface area (Å²) in [6, 6.07) is 5.23. The second kappa shape index (κ2) is 6.39. The van der Waals surface area contributed by atoms with E-state index in [1.54, 1.807) is 36.1 Å². The zero-order valence-electron chi connectivity index (χ0n) is 8.97. The molecule has 2 amide bonds. The maximum Gasteiger partial charge on any atom is 0.326 e. The molecular formula is C9H14N2O3S2. The van der Waals surface area contributed by atoms with E-state index in [1.165, 1.54) is 6.07 Å². The van der Waals surface area contributed by atoms with Gasteiger partial charge in [-0.2, -0.15) is 12.6 Å². The van der Waals surface area contributed by atoms with Crippen LogP contribution in [0.4, 0.5) is 4.79 Å². The van der Waals surface area contributed by atoms with Crippen molar-refractivity contribution in [1.82, 2.24) is 4.72 Å². The SMILES string of the molecule is CS.Cc1ccccc1S(=O)(=O)NC(N)=O. The summed E-state index contributed by atoms with van der Waals surface area (Å²) in [5, 5.41) is 0. The summed E-state index contributed by atoms with van der Waals surface area (Å²) in [7, 11) is -3.81. The maximum absolute atomic E-state index is 11.5. The zero-order chi connectivity index (χ0) is 12.8. The van der Waals surface area contributed by atoms with Crippen LogP contribution in [0, 0.1) is 6.92 Å². The Balaban J connectivity index is 0.00000106. The molecule has 0 bridgehead atoms. The Labute approximate surface area is 100 Å². The van der Waals surface area contributed by atoms with Gasteiger partial charge in [-0.3, -0.25) is 0 Å². The fraction of sp³-hybridized carbons (Fsp3) is 0.222. The highest BCUT2D eigenvalue weighted by atomic mass is 32.2. The van der Waals surface area contributed by atoms with Gasteiger partial charge in [-0.05, 0) is 24.8 Å². The van der Waals surface area contributed by atoms with Crippen molar-refractivity contribution in [2.75, 3.05) is 6.26 Å². The molecule has 0 aliphatic carbocycles. The molecule has 5 nitrogen and oxygen atoms in total. The quantitative estimate of drug-likeness (QED) is 0.692. The van der Waals surface area contributed by atoms with Crippen LogP contribution in [0.2, 0.25) is 0 Å². The van der Waals surface area contributed by atoms with Crippen molar-refractivity contribution in [2.24, 2.45) is 5.73 Å². The summed E-state index contributed by atoms with van der Waals surface area (Å²) in [5.41, 5.74) is 5.29. The van der Waals surface area contributed by atoms with Gasteiger partial charge in [0.2, 0.25) is 0 Å². The van der Waals surface area contributed by atoms with Crippen molar-refractivity contribution in [1.29, 1.82) is 0 Å². The van der Waals surface area contributed by atoms with E-state index in [4.69, 9.17) is 5.73 Å². The Bertz CT molecular complexity index is 458. The number of urea groups is 1. The smallest absolute Gasteiger partial charge is 0.326 e. The first-order valence-electron chi connectivity index (χ1n) is 4.26. The Hall–Kier alpha value is -1.21. The zero-order valence-corrected chi connectivity index (χ0v) is 10.7. The van der Waals surface area contributed by atoms with E-state index >= 15 is 0 Å². The monoisotopic (exact) mass is 262 g/mol. The van der Waals surface area contributed by atoms with E-state index < -0.39 is 16.1 Å². The standard InChI is InChI=1S/C8H10N2O3S.CH4S/c1-6-4-2-3-5-7(6)14(12,13)10-8(9)11;1-2/h2-5H,1H3,(H3,9,10,11);2H,1H3. The van der Waals surface area contributed by atoms with Crippen molar-refractivity contribution < 1.29 is 13.2 Å². The highest BCUT2D eigenvalue weighted by Gasteiger charge is 2.17. The van der Waals surface area contributed by atoms with Crippen molar-refractivity contribution in [3.8, 4) is 0 Å². The first kappa shape index (κ1) is 14.8. The topological polar surface area (TPSA) is 89.3 Å². The normalized spacial score (nSPS) is 9.94. The van der Waals surface area contributed by atoms with Crippen LogP contribution in [-0.2, 0) is 10.0 Å². The van der Waals surface area contributed by atoms with Crippen molar-refractivity contribution in [2.45, 2.75) is 11.8 Å². The summed E-state index contributed by atoms with van der Waals surface area (Å²) in [4.78, 5) is 10.5. The van der Waals surface area contributed by atoms with Gasteiger partial charge in [-0.25, -0.2) is 17.9 Å². The average molecular weight is 262 g/mol. The molecule has 16 heavy (non-hydrogen) atoms. The highest BCUT2D eigenvalue weighted by Crippen LogP contribution is 2.13. The van der Waals surface area contributed by atoms with Crippen LogP contribution >= 0.6 is 12.6 Å². The third kappa shape index (κ3) is 4.11. The molecule has 0 aliphatic heterocycles. The number of benzene rings is 1. The number of sulfonamides is 1. The molecule has 1 rings (SSSR count). The molecule has 1 aromatic rings. The minimum Gasteiger partial charge on any atom is -0.351 e. The minimum atomic E-state index is -3.81. The molecule has 0 aliphatic rings. The van der Waals surface area contributed by atoms with Gasteiger partial charge in [-0.15, -0.1) is 0 Å². The van der Waals surface area contributed by atoms with Gasteiger partial charge >= 0.3 is 6.03 Å². The lowest BCUT2D eigenvalue weighted by atomic mass is 10.2. The van der Waals surface area contributed by atoms with Gasteiger partial charge in [0.25, 0.3) is 10.0 Å². The van der Waals surface area contributed by atoms with E-state index in [-0.39, 0.29) is 4.90 Å². The van der Waals surface area contributed by atoms with Crippen LogP contribution in [0.1, 0.15) is 5.56 Å². The molecule has 90 valence electrons. The summed E-state index contributed by atoms with van der Waals surface area (Å²) in [6.07, 6.45) is 1.69. The molecule has 1 aromatic carbocycles. The molecule has 0 saturated carbocycles. The Morgan fingerprint density at radius 2 is 1.81 bits per heavy atom. The van der Waals surface area contributed by atoms with Crippen LogP contribution in [0.5, 0.6) is 0 Å². The molecule has 0 fully saturated rings. The van der Waals surface area contributed by atoms with Gasteiger partial charge in [0.05, 0.1) is 4.90 Å². The lowest BCUT2D eigenvalue weighted by molar-refractivity contribution is 0.253. The number of carbonyl (C=O) groups is 1. The summed E-state index contributed by atoms with van der Waals surface area (Å²) in [5.74, 6) is 0. The van der Waals surface area contributed by atoms with Crippen molar-refractivity contribution >= 4 is 28.7 Å². The molecule has 0 atom stereocenters. The largest absolute Gasteiger partial charge is 0.351 e. The number of primary amides is 1. The summed E-state index contributed by atoms with van der Waals surface area (Å²) in [6.45, 7) is 1.63. The Kier molecular flexibility index (Phi) is 5.91. The number of amides is 2. The number of aryl methyl sites for hydroxylation is 1. The van der Waals surface area contributed by atoms with Crippen LogP contribution in [0.25, 0.3) is 0 Å². The van der Waals surface area contributed by atoms with Gasteiger partial charge in [0.15, 0.2) is 0 Å². The Morgan fingerprint density at radius 1 is 1.31 bits per heavy atom. The van der Waals surface area contributed by atoms with E-state index in [0.717, 1.165) is 0 Å². The fourth-order valence-corrected chi connectivity index (χ4v) is 2.17. The first-order valence-corrected chi connectivity index (χ1v) is 6.64. The van der Waals surface area contributed by atoms with Crippen LogP contribution in [0.3, 0.4) is 0 Å². The molecule has 0 radical (unpaired) electrons. The molecule has 0 saturated heterocycles. The summed E-state index contributed by atoms with van der Waals surface area (Å²) >= 11 is 3.53. The average Bonchev–Trinajstić information content (AvgIpc) is 2.19. The molecule has 0 aromatic heterocycles. The van der Waals surface area contributed by atoms with Crippen LogP contribution < -0.4 is 10.5 Å². The maximum atomic E-state index is 11.5. The third-order valence-corrected chi connectivity index (χ3v) is 3.13. The van der Waals surface area contributed by atoms with Gasteiger partial charge in [0, 0.05) is 0 Å².